The van der Waals surface area contributed by atoms with E-state index in [1.165, 1.54) is 4.90 Å². The fraction of sp³-hybridized carbons (Fsp3) is 0.154. The van der Waals surface area contributed by atoms with Crippen molar-refractivity contribution in [2.24, 2.45) is 0 Å². The third-order valence-corrected chi connectivity index (χ3v) is 6.24. The Bertz CT molecular complexity index is 1240. The standard InChI is InChI=1S/C26H24N2O4S/c1-5-14-27-25(29)24(33-26(27)30)16-19-15-17(2)28(18(19)3)20-6-8-22(9-7-20)32-23-12-10-21(31-4)11-13-23/h5-13,15-16H,1,14H2,2-4H3/b24-16-. The Hall–Kier alpha value is -3.71. The van der Waals surface area contributed by atoms with Gasteiger partial charge in [-0.2, -0.15) is 0 Å². The zero-order chi connectivity index (χ0) is 23.5. The van der Waals surface area contributed by atoms with Crippen molar-refractivity contribution in [2.75, 3.05) is 13.7 Å². The molecule has 2 aromatic carbocycles. The minimum absolute atomic E-state index is 0.214. The molecule has 0 aliphatic carbocycles. The monoisotopic (exact) mass is 460 g/mol. The molecule has 4 rings (SSSR count). The van der Waals surface area contributed by atoms with Crippen LogP contribution in [0.1, 0.15) is 17.0 Å². The van der Waals surface area contributed by atoms with Gasteiger partial charge in [-0.25, -0.2) is 0 Å². The van der Waals surface area contributed by atoms with Crippen molar-refractivity contribution in [3.8, 4) is 22.9 Å². The van der Waals surface area contributed by atoms with Crippen LogP contribution in [0.4, 0.5) is 4.79 Å². The number of aromatic nitrogens is 1. The van der Waals surface area contributed by atoms with Crippen LogP contribution in [-0.2, 0) is 4.79 Å². The number of rotatable bonds is 7. The summed E-state index contributed by atoms with van der Waals surface area (Å²) in [6, 6.07) is 17.2. The molecule has 0 spiro atoms. The molecule has 0 unspecified atom stereocenters. The van der Waals surface area contributed by atoms with E-state index in [4.69, 9.17) is 9.47 Å². The second kappa shape index (κ2) is 9.42. The highest BCUT2D eigenvalue weighted by molar-refractivity contribution is 8.18. The lowest BCUT2D eigenvalue weighted by atomic mass is 10.2. The van der Waals surface area contributed by atoms with Crippen LogP contribution in [0, 0.1) is 13.8 Å². The molecule has 3 aromatic rings. The molecular formula is C26H24N2O4S. The molecule has 0 N–H and O–H groups in total. The molecule has 0 atom stereocenters. The average molecular weight is 461 g/mol. The maximum Gasteiger partial charge on any atom is 0.293 e. The first-order valence-electron chi connectivity index (χ1n) is 10.4. The Morgan fingerprint density at radius 1 is 0.970 bits per heavy atom. The number of benzene rings is 2. The number of carbonyl (C=O) groups is 2. The topological polar surface area (TPSA) is 60.8 Å². The van der Waals surface area contributed by atoms with Crippen molar-refractivity contribution in [3.63, 3.8) is 0 Å². The number of ether oxygens (including phenoxy) is 2. The number of nitrogens with zero attached hydrogens (tertiary/aromatic N) is 2. The smallest absolute Gasteiger partial charge is 0.293 e. The third-order valence-electron chi connectivity index (χ3n) is 5.33. The van der Waals surface area contributed by atoms with E-state index >= 15 is 0 Å². The molecule has 2 amide bonds. The van der Waals surface area contributed by atoms with Crippen molar-refractivity contribution < 1.29 is 19.1 Å². The fourth-order valence-electron chi connectivity index (χ4n) is 3.70. The zero-order valence-electron chi connectivity index (χ0n) is 18.7. The number of hydrogen-bond donors (Lipinski definition) is 0. The van der Waals surface area contributed by atoms with Crippen molar-refractivity contribution in [3.05, 3.63) is 89.1 Å². The maximum absolute atomic E-state index is 12.5. The van der Waals surface area contributed by atoms with Crippen LogP contribution in [0.15, 0.2) is 72.2 Å². The number of aryl methyl sites for hydroxylation is 1. The Balaban J connectivity index is 1.56. The summed E-state index contributed by atoms with van der Waals surface area (Å²) >= 11 is 0.958. The molecule has 1 aliphatic rings. The molecule has 0 saturated carbocycles. The lowest BCUT2D eigenvalue weighted by Crippen LogP contribution is -2.27. The van der Waals surface area contributed by atoms with Gasteiger partial charge in [-0.1, -0.05) is 6.08 Å². The SMILES string of the molecule is C=CCN1C(=O)S/C(=C\c2cc(C)n(-c3ccc(Oc4ccc(OC)cc4)cc3)c2C)C1=O. The van der Waals surface area contributed by atoms with E-state index in [9.17, 15) is 9.59 Å². The highest BCUT2D eigenvalue weighted by Crippen LogP contribution is 2.34. The van der Waals surface area contributed by atoms with Gasteiger partial charge in [0.2, 0.25) is 0 Å². The summed E-state index contributed by atoms with van der Waals surface area (Å²) in [7, 11) is 1.63. The number of carbonyl (C=O) groups excluding carboxylic acids is 2. The first-order valence-corrected chi connectivity index (χ1v) is 11.2. The quantitative estimate of drug-likeness (QED) is 0.314. The van der Waals surface area contributed by atoms with E-state index in [0.717, 1.165) is 51.6 Å². The van der Waals surface area contributed by atoms with Gasteiger partial charge in [0.1, 0.15) is 17.2 Å². The summed E-state index contributed by atoms with van der Waals surface area (Å²) in [4.78, 5) is 26.3. The Morgan fingerprint density at radius 2 is 1.58 bits per heavy atom. The Labute approximate surface area is 197 Å². The Morgan fingerprint density at radius 3 is 2.18 bits per heavy atom. The highest BCUT2D eigenvalue weighted by atomic mass is 32.2. The first-order chi connectivity index (χ1) is 15.9. The molecule has 2 heterocycles. The van der Waals surface area contributed by atoms with E-state index in [1.807, 2.05) is 68.4 Å². The minimum atomic E-state index is -0.283. The van der Waals surface area contributed by atoms with E-state index < -0.39 is 0 Å². The average Bonchev–Trinajstić information content (AvgIpc) is 3.24. The third kappa shape index (κ3) is 4.59. The Kier molecular flexibility index (Phi) is 6.42. The molecule has 6 nitrogen and oxygen atoms in total. The van der Waals surface area contributed by atoms with Crippen molar-refractivity contribution in [1.29, 1.82) is 0 Å². The van der Waals surface area contributed by atoms with Gasteiger partial charge in [0.05, 0.1) is 12.0 Å². The number of amides is 2. The molecule has 33 heavy (non-hydrogen) atoms. The maximum atomic E-state index is 12.5. The van der Waals surface area contributed by atoms with Crippen molar-refractivity contribution >= 4 is 29.0 Å². The molecule has 0 bridgehead atoms. The van der Waals surface area contributed by atoms with Gasteiger partial charge in [-0.3, -0.25) is 14.5 Å². The van der Waals surface area contributed by atoms with Crippen LogP contribution < -0.4 is 9.47 Å². The summed E-state index contributed by atoms with van der Waals surface area (Å²) in [5.41, 5.74) is 3.88. The summed E-state index contributed by atoms with van der Waals surface area (Å²) in [5.74, 6) is 1.94. The van der Waals surface area contributed by atoms with E-state index in [-0.39, 0.29) is 17.7 Å². The zero-order valence-corrected chi connectivity index (χ0v) is 19.5. The number of hydrogen-bond acceptors (Lipinski definition) is 5. The predicted molar refractivity (Wildman–Crippen MR) is 131 cm³/mol. The molecule has 1 fully saturated rings. The first kappa shape index (κ1) is 22.5. The van der Waals surface area contributed by atoms with E-state index in [1.54, 1.807) is 19.3 Å². The van der Waals surface area contributed by atoms with Crippen LogP contribution in [0.5, 0.6) is 17.2 Å². The van der Waals surface area contributed by atoms with Gasteiger partial charge in [0, 0.05) is 23.6 Å². The number of thioether (sulfide) groups is 1. The van der Waals surface area contributed by atoms with Crippen LogP contribution in [0.3, 0.4) is 0 Å². The number of imide groups is 1. The van der Waals surface area contributed by atoms with Crippen molar-refractivity contribution in [2.45, 2.75) is 13.8 Å². The van der Waals surface area contributed by atoms with Gasteiger partial charge in [-0.05, 0) is 91.8 Å². The fourth-order valence-corrected chi connectivity index (χ4v) is 4.54. The van der Waals surface area contributed by atoms with Gasteiger partial charge in [-0.15, -0.1) is 6.58 Å². The summed E-state index contributed by atoms with van der Waals surface area (Å²) in [6.45, 7) is 7.83. The van der Waals surface area contributed by atoms with E-state index in [2.05, 4.69) is 11.1 Å². The molecular weight excluding hydrogens is 436 g/mol. The number of methoxy groups -OCH3 is 1. The summed E-state index contributed by atoms with van der Waals surface area (Å²) in [6.07, 6.45) is 3.33. The van der Waals surface area contributed by atoms with Crippen molar-refractivity contribution in [1.82, 2.24) is 9.47 Å². The normalized spacial score (nSPS) is 14.8. The molecule has 1 saturated heterocycles. The molecule has 7 heteroatoms. The van der Waals surface area contributed by atoms with Crippen LogP contribution in [0.2, 0.25) is 0 Å². The molecule has 0 radical (unpaired) electrons. The lowest BCUT2D eigenvalue weighted by Gasteiger charge is -2.11. The largest absolute Gasteiger partial charge is 0.497 e. The summed E-state index contributed by atoms with van der Waals surface area (Å²) in [5, 5.41) is -0.271. The van der Waals surface area contributed by atoms with Gasteiger partial charge in [0.25, 0.3) is 11.1 Å². The van der Waals surface area contributed by atoms with Crippen LogP contribution in [-0.4, -0.2) is 34.3 Å². The lowest BCUT2D eigenvalue weighted by molar-refractivity contribution is -0.122. The van der Waals surface area contributed by atoms with E-state index in [0.29, 0.717) is 4.91 Å². The molecule has 1 aromatic heterocycles. The molecule has 168 valence electrons. The van der Waals surface area contributed by atoms with Crippen LogP contribution in [0.25, 0.3) is 11.8 Å². The second-order valence-corrected chi connectivity index (χ2v) is 8.51. The summed E-state index contributed by atoms with van der Waals surface area (Å²) < 4.78 is 13.2. The van der Waals surface area contributed by atoms with Crippen LogP contribution >= 0.6 is 11.8 Å². The van der Waals surface area contributed by atoms with Gasteiger partial charge in [0.15, 0.2) is 0 Å². The minimum Gasteiger partial charge on any atom is -0.497 e. The predicted octanol–water partition coefficient (Wildman–Crippen LogP) is 6.12. The highest BCUT2D eigenvalue weighted by Gasteiger charge is 2.34. The van der Waals surface area contributed by atoms with Gasteiger partial charge < -0.3 is 14.0 Å². The second-order valence-electron chi connectivity index (χ2n) is 7.51. The molecule has 1 aliphatic heterocycles. The van der Waals surface area contributed by atoms with Gasteiger partial charge >= 0.3 is 0 Å².